The smallest absolute Gasteiger partial charge is 0.227 e. The fourth-order valence-corrected chi connectivity index (χ4v) is 5.02. The van der Waals surface area contributed by atoms with E-state index in [-0.39, 0.29) is 17.1 Å². The SMILES string of the molecule is CCCCC(=O)N1c2ccccc2NC2=C(C(=O)CC(C)(C)C2)C1c1ccc(Cl)c(Cl)c1. The van der Waals surface area contributed by atoms with Crippen molar-refractivity contribution in [2.24, 2.45) is 5.41 Å². The van der Waals surface area contributed by atoms with E-state index in [2.05, 4.69) is 26.1 Å². The highest BCUT2D eigenvalue weighted by Crippen LogP contribution is 2.49. The van der Waals surface area contributed by atoms with Crippen LogP contribution in [0.4, 0.5) is 11.4 Å². The van der Waals surface area contributed by atoms with Gasteiger partial charge in [-0.2, -0.15) is 0 Å². The molecule has 1 atom stereocenters. The van der Waals surface area contributed by atoms with Gasteiger partial charge >= 0.3 is 0 Å². The molecule has 1 heterocycles. The Labute approximate surface area is 199 Å². The van der Waals surface area contributed by atoms with Crippen molar-refractivity contribution in [2.75, 3.05) is 10.2 Å². The maximum atomic E-state index is 13.6. The third kappa shape index (κ3) is 4.31. The van der Waals surface area contributed by atoms with Crippen LogP contribution in [0.1, 0.15) is 64.5 Å². The lowest BCUT2D eigenvalue weighted by Gasteiger charge is -2.37. The molecule has 0 radical (unpaired) electrons. The maximum absolute atomic E-state index is 13.6. The second kappa shape index (κ2) is 8.92. The number of carbonyl (C=O) groups excluding carboxylic acids is 2. The van der Waals surface area contributed by atoms with Crippen LogP contribution in [0.3, 0.4) is 0 Å². The zero-order valence-electron chi connectivity index (χ0n) is 18.7. The molecular formula is C26H28Cl2N2O2. The number of Topliss-reactive ketones (excluding diaryl/α,β-unsaturated/α-hetero) is 1. The molecule has 4 nitrogen and oxygen atoms in total. The van der Waals surface area contributed by atoms with Gasteiger partial charge in [-0.25, -0.2) is 0 Å². The van der Waals surface area contributed by atoms with Gasteiger partial charge in [0.25, 0.3) is 0 Å². The largest absolute Gasteiger partial charge is 0.357 e. The third-order valence-electron chi connectivity index (χ3n) is 6.17. The minimum absolute atomic E-state index is 0.0106. The van der Waals surface area contributed by atoms with E-state index in [0.717, 1.165) is 41.9 Å². The highest BCUT2D eigenvalue weighted by Gasteiger charge is 2.43. The molecule has 4 rings (SSSR count). The van der Waals surface area contributed by atoms with E-state index in [0.29, 0.717) is 28.5 Å². The number of carbonyl (C=O) groups is 2. The average molecular weight is 471 g/mol. The van der Waals surface area contributed by atoms with E-state index in [9.17, 15) is 9.59 Å². The molecule has 1 aliphatic heterocycles. The number of fused-ring (bicyclic) bond motifs is 1. The minimum Gasteiger partial charge on any atom is -0.357 e. The quantitative estimate of drug-likeness (QED) is 0.508. The number of hydrogen-bond acceptors (Lipinski definition) is 3. The monoisotopic (exact) mass is 470 g/mol. The standard InChI is InChI=1S/C26H28Cl2N2O2/c1-4-5-10-23(32)30-21-9-7-6-8-19(21)29-20-14-26(2,3)15-22(31)24(20)25(30)16-11-12-17(27)18(28)13-16/h6-9,11-13,25,29H,4-5,10,14-15H2,1-3H3. The molecule has 2 aromatic rings. The van der Waals surface area contributed by atoms with Gasteiger partial charge in [0.2, 0.25) is 5.91 Å². The number of nitrogens with one attached hydrogen (secondary N) is 1. The van der Waals surface area contributed by atoms with E-state index in [1.807, 2.05) is 30.3 Å². The molecule has 0 saturated carbocycles. The fraction of sp³-hybridized carbons (Fsp3) is 0.385. The van der Waals surface area contributed by atoms with Crippen LogP contribution in [-0.4, -0.2) is 11.7 Å². The van der Waals surface area contributed by atoms with Gasteiger partial charge in [-0.3, -0.25) is 14.5 Å². The summed E-state index contributed by atoms with van der Waals surface area (Å²) < 4.78 is 0. The maximum Gasteiger partial charge on any atom is 0.227 e. The second-order valence-electron chi connectivity index (χ2n) is 9.42. The number of allylic oxidation sites excluding steroid dienone is 1. The number of unbranched alkanes of at least 4 members (excludes halogenated alkanes) is 1. The Morgan fingerprint density at radius 1 is 1.12 bits per heavy atom. The minimum atomic E-state index is -0.566. The number of benzene rings is 2. The van der Waals surface area contributed by atoms with Crippen molar-refractivity contribution in [2.45, 2.75) is 58.9 Å². The third-order valence-corrected chi connectivity index (χ3v) is 6.91. The van der Waals surface area contributed by atoms with Crippen molar-refractivity contribution in [3.05, 3.63) is 69.3 Å². The Kier molecular flexibility index (Phi) is 6.37. The van der Waals surface area contributed by atoms with Crippen molar-refractivity contribution >= 4 is 46.3 Å². The second-order valence-corrected chi connectivity index (χ2v) is 10.2. The predicted molar refractivity (Wildman–Crippen MR) is 131 cm³/mol. The van der Waals surface area contributed by atoms with E-state index in [1.54, 1.807) is 17.0 Å². The first kappa shape index (κ1) is 22.9. The summed E-state index contributed by atoms with van der Waals surface area (Å²) in [7, 11) is 0. The van der Waals surface area contributed by atoms with Crippen LogP contribution in [0.2, 0.25) is 10.0 Å². The Bertz CT molecular complexity index is 1110. The number of ketones is 1. The lowest BCUT2D eigenvalue weighted by atomic mass is 9.73. The molecule has 2 aromatic carbocycles. The van der Waals surface area contributed by atoms with Crippen LogP contribution in [0, 0.1) is 5.41 Å². The van der Waals surface area contributed by atoms with Gasteiger partial charge < -0.3 is 5.32 Å². The van der Waals surface area contributed by atoms with Gasteiger partial charge in [-0.05, 0) is 48.1 Å². The van der Waals surface area contributed by atoms with Gasteiger partial charge in [0, 0.05) is 24.1 Å². The number of para-hydroxylation sites is 2. The molecule has 0 aromatic heterocycles. The summed E-state index contributed by atoms with van der Waals surface area (Å²) in [4.78, 5) is 29.0. The van der Waals surface area contributed by atoms with Crippen LogP contribution in [0.15, 0.2) is 53.7 Å². The molecule has 168 valence electrons. The lowest BCUT2D eigenvalue weighted by Crippen LogP contribution is -2.39. The molecule has 0 fully saturated rings. The molecule has 32 heavy (non-hydrogen) atoms. The highest BCUT2D eigenvalue weighted by molar-refractivity contribution is 6.42. The first-order valence-corrected chi connectivity index (χ1v) is 11.9. The molecule has 2 aliphatic rings. The number of rotatable bonds is 4. The summed E-state index contributed by atoms with van der Waals surface area (Å²) in [6.45, 7) is 6.27. The summed E-state index contributed by atoms with van der Waals surface area (Å²) in [6.07, 6.45) is 3.25. The number of amides is 1. The van der Waals surface area contributed by atoms with Crippen LogP contribution >= 0.6 is 23.2 Å². The number of halogens is 2. The topological polar surface area (TPSA) is 49.4 Å². The fourth-order valence-electron chi connectivity index (χ4n) is 4.71. The van der Waals surface area contributed by atoms with Crippen molar-refractivity contribution in [1.29, 1.82) is 0 Å². The lowest BCUT2D eigenvalue weighted by molar-refractivity contribution is -0.119. The van der Waals surface area contributed by atoms with Gasteiger partial charge in [0.1, 0.15) is 0 Å². The van der Waals surface area contributed by atoms with Crippen LogP contribution < -0.4 is 10.2 Å². The molecular weight excluding hydrogens is 443 g/mol. The van der Waals surface area contributed by atoms with Crippen molar-refractivity contribution < 1.29 is 9.59 Å². The summed E-state index contributed by atoms with van der Waals surface area (Å²) in [5.41, 5.74) is 3.73. The molecule has 0 saturated heterocycles. The molecule has 0 spiro atoms. The van der Waals surface area contributed by atoms with E-state index in [1.165, 1.54) is 0 Å². The van der Waals surface area contributed by atoms with Gasteiger partial charge in [0.05, 0.1) is 27.5 Å². The summed E-state index contributed by atoms with van der Waals surface area (Å²) >= 11 is 12.6. The zero-order chi connectivity index (χ0) is 23.0. The predicted octanol–water partition coefficient (Wildman–Crippen LogP) is 7.33. The highest BCUT2D eigenvalue weighted by atomic mass is 35.5. The Balaban J connectivity index is 1.98. The first-order chi connectivity index (χ1) is 15.2. The Morgan fingerprint density at radius 2 is 1.88 bits per heavy atom. The van der Waals surface area contributed by atoms with Gasteiger partial charge in [-0.15, -0.1) is 0 Å². The number of nitrogens with zero attached hydrogens (tertiary/aromatic N) is 1. The molecule has 1 N–H and O–H groups in total. The van der Waals surface area contributed by atoms with Crippen molar-refractivity contribution in [3.63, 3.8) is 0 Å². The van der Waals surface area contributed by atoms with E-state index in [4.69, 9.17) is 23.2 Å². The van der Waals surface area contributed by atoms with E-state index >= 15 is 0 Å². The Hall–Kier alpha value is -2.30. The summed E-state index contributed by atoms with van der Waals surface area (Å²) in [6, 6.07) is 12.6. The molecule has 1 aliphatic carbocycles. The number of anilines is 2. The summed E-state index contributed by atoms with van der Waals surface area (Å²) in [5, 5.41) is 4.37. The van der Waals surface area contributed by atoms with Crippen LogP contribution in [-0.2, 0) is 9.59 Å². The zero-order valence-corrected chi connectivity index (χ0v) is 20.2. The van der Waals surface area contributed by atoms with Crippen LogP contribution in [0.25, 0.3) is 0 Å². The molecule has 1 unspecified atom stereocenters. The summed E-state index contributed by atoms with van der Waals surface area (Å²) in [5.74, 6) is 0.0458. The first-order valence-electron chi connectivity index (χ1n) is 11.1. The molecule has 1 amide bonds. The average Bonchev–Trinajstić information content (AvgIpc) is 2.87. The number of hydrogen-bond donors (Lipinski definition) is 1. The molecule has 0 bridgehead atoms. The van der Waals surface area contributed by atoms with Crippen molar-refractivity contribution in [3.8, 4) is 0 Å². The van der Waals surface area contributed by atoms with E-state index < -0.39 is 6.04 Å². The van der Waals surface area contributed by atoms with Gasteiger partial charge in [0.15, 0.2) is 5.78 Å². The van der Waals surface area contributed by atoms with Gasteiger partial charge in [-0.1, -0.05) is 68.6 Å². The Morgan fingerprint density at radius 3 is 2.59 bits per heavy atom. The normalized spacial score (nSPS) is 19.7. The van der Waals surface area contributed by atoms with Crippen molar-refractivity contribution in [1.82, 2.24) is 0 Å². The van der Waals surface area contributed by atoms with Crippen LogP contribution in [0.5, 0.6) is 0 Å². The molecule has 6 heteroatoms.